The first-order valence-electron chi connectivity index (χ1n) is 15.5. The minimum Gasteiger partial charge on any atom is -0.427 e. The zero-order valence-electron chi connectivity index (χ0n) is 24.1. The SMILES string of the molecule is CCCC=C1OC(=O)C2=C1CCC1C3CCC4(C5=CCC(C)CSSC6C=Cc7c(ccnc7N6)CC3=C4C(=O)O5)C21. The molecule has 1 spiro atoms. The van der Waals surface area contributed by atoms with Gasteiger partial charge in [-0.05, 0) is 86.5 Å². The molecule has 5 aliphatic heterocycles. The van der Waals surface area contributed by atoms with E-state index in [9.17, 15) is 9.59 Å². The van der Waals surface area contributed by atoms with Crippen molar-refractivity contribution in [3.05, 3.63) is 75.4 Å². The Balaban J connectivity index is 1.33. The molecule has 0 aromatic carbocycles. The predicted molar refractivity (Wildman–Crippen MR) is 167 cm³/mol. The van der Waals surface area contributed by atoms with Gasteiger partial charge >= 0.3 is 11.9 Å². The largest absolute Gasteiger partial charge is 0.427 e. The summed E-state index contributed by atoms with van der Waals surface area (Å²) in [5, 5.41) is 3.79. The maximum atomic E-state index is 14.0. The monoisotopic (exact) mass is 600 g/mol. The molecule has 10 rings (SSSR count). The van der Waals surface area contributed by atoms with Gasteiger partial charge in [-0.25, -0.2) is 14.6 Å². The van der Waals surface area contributed by atoms with Crippen molar-refractivity contribution in [1.29, 1.82) is 0 Å². The molecule has 6 unspecified atom stereocenters. The van der Waals surface area contributed by atoms with Gasteiger partial charge in [-0.2, -0.15) is 0 Å². The van der Waals surface area contributed by atoms with E-state index in [0.717, 1.165) is 90.3 Å². The number of carbonyl (C=O) groups excluding carboxylic acids is 2. The number of hydrogen-bond acceptors (Lipinski definition) is 8. The van der Waals surface area contributed by atoms with Crippen LogP contribution < -0.4 is 5.32 Å². The predicted octanol–water partition coefficient (Wildman–Crippen LogP) is 7.52. The van der Waals surface area contributed by atoms with Crippen LogP contribution in [0.25, 0.3) is 6.08 Å². The van der Waals surface area contributed by atoms with Crippen molar-refractivity contribution in [3.63, 3.8) is 0 Å². The van der Waals surface area contributed by atoms with Crippen LogP contribution in [0.15, 0.2) is 64.3 Å². The Bertz CT molecular complexity index is 1550. The first kappa shape index (κ1) is 26.9. The summed E-state index contributed by atoms with van der Waals surface area (Å²) in [6, 6.07) is 2.11. The number of allylic oxidation sites excluding steroid dienone is 5. The van der Waals surface area contributed by atoms with E-state index in [1.54, 1.807) is 0 Å². The van der Waals surface area contributed by atoms with Crippen LogP contribution in [-0.2, 0) is 25.5 Å². The van der Waals surface area contributed by atoms with Crippen LogP contribution in [0.4, 0.5) is 5.82 Å². The van der Waals surface area contributed by atoms with Gasteiger partial charge in [0.2, 0.25) is 0 Å². The van der Waals surface area contributed by atoms with Crippen LogP contribution in [0.3, 0.4) is 0 Å². The number of aromatic nitrogens is 1. The number of hydrogen-bond donors (Lipinski definition) is 1. The Hall–Kier alpha value is -2.71. The van der Waals surface area contributed by atoms with Crippen molar-refractivity contribution >= 4 is 45.4 Å². The van der Waals surface area contributed by atoms with Crippen LogP contribution in [-0.4, -0.2) is 28.0 Å². The highest BCUT2D eigenvalue weighted by molar-refractivity contribution is 8.77. The molecule has 1 saturated heterocycles. The first-order valence-corrected chi connectivity index (χ1v) is 17.9. The van der Waals surface area contributed by atoms with Crippen molar-refractivity contribution in [2.24, 2.45) is 29.1 Å². The molecular weight excluding hydrogens is 565 g/mol. The normalized spacial score (nSPS) is 35.6. The summed E-state index contributed by atoms with van der Waals surface area (Å²) >= 11 is 0. The van der Waals surface area contributed by atoms with E-state index in [0.29, 0.717) is 12.3 Å². The molecule has 1 aromatic rings. The maximum absolute atomic E-state index is 14.0. The Morgan fingerprint density at radius 2 is 2.12 bits per heavy atom. The number of nitrogens with one attached hydrogen (secondary N) is 1. The van der Waals surface area contributed by atoms with Gasteiger partial charge in [-0.15, -0.1) is 0 Å². The van der Waals surface area contributed by atoms with Crippen molar-refractivity contribution in [2.45, 2.75) is 70.6 Å². The van der Waals surface area contributed by atoms with E-state index in [-0.39, 0.29) is 35.1 Å². The Morgan fingerprint density at radius 1 is 1.21 bits per heavy atom. The number of ether oxygens (including phenoxy) is 2. The summed E-state index contributed by atoms with van der Waals surface area (Å²) < 4.78 is 12.3. The van der Waals surface area contributed by atoms with Gasteiger partial charge < -0.3 is 14.8 Å². The van der Waals surface area contributed by atoms with Crippen molar-refractivity contribution < 1.29 is 19.1 Å². The number of pyridine rings is 1. The molecule has 218 valence electrons. The average Bonchev–Trinajstić information content (AvgIpc) is 3.48. The van der Waals surface area contributed by atoms with Gasteiger partial charge in [-0.3, -0.25) is 0 Å². The molecule has 9 bridgehead atoms. The van der Waals surface area contributed by atoms with Gasteiger partial charge in [-0.1, -0.05) is 59.6 Å². The number of cyclic esters (lactones) is 1. The second-order valence-corrected chi connectivity index (χ2v) is 15.4. The van der Waals surface area contributed by atoms with E-state index >= 15 is 0 Å². The Kier molecular flexibility index (Phi) is 6.52. The molecular formula is C34H36N2O4S2. The lowest BCUT2D eigenvalue weighted by molar-refractivity contribution is -0.135. The fraction of sp³-hybridized carbons (Fsp3) is 0.500. The van der Waals surface area contributed by atoms with Crippen LogP contribution in [0.2, 0.25) is 0 Å². The number of nitrogens with zero attached hydrogens (tertiary/aromatic N) is 1. The van der Waals surface area contributed by atoms with Crippen molar-refractivity contribution in [3.8, 4) is 0 Å². The molecule has 6 heterocycles. The molecule has 2 fully saturated rings. The standard InChI is InChI=1S/C34H36N2O4S2/c1-3-4-5-25-23-8-7-22-21-12-14-34(29(22)28(23)32(37)39-25)26-10-6-18(2)17-41-42-27-11-9-20-19(13-15-35-31(20)36-27)16-24(21)30(34)33(38)40-26/h5,9-11,13,15,18,21-22,27,29H,3-4,6-8,12,14,16-17H2,1-2H3,(H,35,36). The third-order valence-corrected chi connectivity index (χ3v) is 13.3. The van der Waals surface area contributed by atoms with Gasteiger partial charge in [0.1, 0.15) is 22.7 Å². The zero-order chi connectivity index (χ0) is 28.6. The molecule has 1 saturated carbocycles. The summed E-state index contributed by atoms with van der Waals surface area (Å²) in [5.74, 6) is 3.88. The van der Waals surface area contributed by atoms with E-state index < -0.39 is 5.41 Å². The number of carbonyl (C=O) groups is 2. The zero-order valence-corrected chi connectivity index (χ0v) is 25.7. The highest BCUT2D eigenvalue weighted by atomic mass is 33.1. The summed E-state index contributed by atoms with van der Waals surface area (Å²) in [7, 11) is 3.70. The summed E-state index contributed by atoms with van der Waals surface area (Å²) in [6.45, 7) is 4.40. The summed E-state index contributed by atoms with van der Waals surface area (Å²) in [6.07, 6.45) is 17.7. The van der Waals surface area contributed by atoms with Gasteiger partial charge in [0.15, 0.2) is 0 Å². The second kappa shape index (κ2) is 10.2. The molecule has 42 heavy (non-hydrogen) atoms. The topological polar surface area (TPSA) is 77.5 Å². The fourth-order valence-corrected chi connectivity index (χ4v) is 11.4. The minimum atomic E-state index is -0.600. The van der Waals surface area contributed by atoms with E-state index in [1.807, 2.05) is 27.8 Å². The van der Waals surface area contributed by atoms with Crippen molar-refractivity contribution in [1.82, 2.24) is 4.98 Å². The quantitative estimate of drug-likeness (QED) is 0.276. The number of unbranched alkanes of at least 4 members (excludes halogenated alkanes) is 1. The van der Waals surface area contributed by atoms with Crippen molar-refractivity contribution in [2.75, 3.05) is 11.1 Å². The third kappa shape index (κ3) is 3.89. The lowest BCUT2D eigenvalue weighted by atomic mass is 9.44. The van der Waals surface area contributed by atoms with Gasteiger partial charge in [0.05, 0.1) is 11.0 Å². The molecule has 8 heteroatoms. The maximum Gasteiger partial charge on any atom is 0.340 e. The Morgan fingerprint density at radius 3 is 3.00 bits per heavy atom. The van der Waals surface area contributed by atoms with Crippen LogP contribution in [0.1, 0.15) is 69.9 Å². The smallest absolute Gasteiger partial charge is 0.340 e. The fourth-order valence-electron chi connectivity index (χ4n) is 8.76. The minimum absolute atomic E-state index is 0.0794. The molecule has 6 atom stereocenters. The highest BCUT2D eigenvalue weighted by Crippen LogP contribution is 2.70. The van der Waals surface area contributed by atoms with Crippen LogP contribution in [0.5, 0.6) is 0 Å². The number of fused-ring (bicyclic) bond motifs is 6. The lowest BCUT2D eigenvalue weighted by Crippen LogP contribution is -2.52. The molecule has 9 aliphatic rings. The molecule has 1 aromatic heterocycles. The van der Waals surface area contributed by atoms with Crippen LogP contribution in [0, 0.1) is 29.1 Å². The summed E-state index contributed by atoms with van der Waals surface area (Å²) in [4.78, 5) is 32.4. The number of esters is 2. The van der Waals surface area contributed by atoms with Crippen LogP contribution >= 0.6 is 21.6 Å². The molecule has 4 aliphatic carbocycles. The van der Waals surface area contributed by atoms with E-state index in [4.69, 9.17) is 14.5 Å². The van der Waals surface area contributed by atoms with E-state index in [1.165, 1.54) is 11.1 Å². The molecule has 0 amide bonds. The number of rotatable bonds is 2. The first-order chi connectivity index (χ1) is 20.5. The summed E-state index contributed by atoms with van der Waals surface area (Å²) in [5.41, 5.74) is 5.66. The number of anilines is 1. The van der Waals surface area contributed by atoms with Gasteiger partial charge in [0, 0.05) is 34.6 Å². The average molecular weight is 601 g/mol. The highest BCUT2D eigenvalue weighted by Gasteiger charge is 2.68. The van der Waals surface area contributed by atoms with E-state index in [2.05, 4.69) is 49.5 Å². The third-order valence-electron chi connectivity index (χ3n) is 10.5. The second-order valence-electron chi connectivity index (χ2n) is 12.8. The Labute approximate surface area is 254 Å². The molecule has 6 nitrogen and oxygen atoms in total. The lowest BCUT2D eigenvalue weighted by Gasteiger charge is -2.56. The molecule has 0 radical (unpaired) electrons. The molecule has 1 N–H and O–H groups in total. The van der Waals surface area contributed by atoms with Gasteiger partial charge in [0.25, 0.3) is 0 Å².